The van der Waals surface area contributed by atoms with Gasteiger partial charge in [-0.25, -0.2) is 4.98 Å². The molecule has 0 aliphatic carbocycles. The van der Waals surface area contributed by atoms with Gasteiger partial charge in [0.15, 0.2) is 0 Å². The molecule has 2 nitrogen and oxygen atoms in total. The van der Waals surface area contributed by atoms with Gasteiger partial charge in [0, 0.05) is 9.35 Å². The van der Waals surface area contributed by atoms with Gasteiger partial charge in [-0.2, -0.15) is 0 Å². The molecule has 1 aromatic carbocycles. The Kier molecular flexibility index (Phi) is 3.65. The molecule has 2 heterocycles. The molecule has 0 spiro atoms. The van der Waals surface area contributed by atoms with Crippen molar-refractivity contribution >= 4 is 49.9 Å². The third-order valence-corrected chi connectivity index (χ3v) is 4.92. The maximum Gasteiger partial charge on any atom is 0.125 e. The Balaban J connectivity index is 2.15. The zero-order valence-corrected chi connectivity index (χ0v) is 13.5. The van der Waals surface area contributed by atoms with Crippen LogP contribution in [0, 0.1) is 6.92 Å². The van der Waals surface area contributed by atoms with Gasteiger partial charge < -0.3 is 4.57 Å². The van der Waals surface area contributed by atoms with E-state index in [9.17, 15) is 0 Å². The van der Waals surface area contributed by atoms with Crippen LogP contribution in [0.2, 0.25) is 0 Å². The number of nitrogens with zero attached hydrogens (tertiary/aromatic N) is 2. The predicted molar refractivity (Wildman–Crippen MR) is 85.1 cm³/mol. The van der Waals surface area contributed by atoms with Gasteiger partial charge in [0.25, 0.3) is 0 Å². The van der Waals surface area contributed by atoms with Crippen molar-refractivity contribution in [2.24, 2.45) is 0 Å². The van der Waals surface area contributed by atoms with Crippen LogP contribution in [-0.4, -0.2) is 9.55 Å². The number of thiophene rings is 1. The van der Waals surface area contributed by atoms with Gasteiger partial charge in [0.2, 0.25) is 0 Å². The summed E-state index contributed by atoms with van der Waals surface area (Å²) in [5, 5.41) is 2.13. The molecular weight excluding hydrogens is 344 g/mol. The molecule has 0 radical (unpaired) electrons. The third kappa shape index (κ3) is 2.45. The van der Waals surface area contributed by atoms with E-state index < -0.39 is 0 Å². The Morgan fingerprint density at radius 1 is 1.37 bits per heavy atom. The summed E-state index contributed by atoms with van der Waals surface area (Å²) in [5.74, 6) is 1.35. The van der Waals surface area contributed by atoms with E-state index in [1.54, 1.807) is 11.3 Å². The number of aromatic nitrogens is 2. The molecule has 0 aliphatic rings. The molecule has 2 aromatic heterocycles. The van der Waals surface area contributed by atoms with Crippen LogP contribution < -0.4 is 0 Å². The second-order valence-electron chi connectivity index (χ2n) is 4.41. The van der Waals surface area contributed by atoms with E-state index in [-0.39, 0.29) is 0 Å². The first kappa shape index (κ1) is 13.2. The molecule has 98 valence electrons. The third-order valence-electron chi connectivity index (χ3n) is 3.18. The summed E-state index contributed by atoms with van der Waals surface area (Å²) < 4.78 is 3.26. The lowest BCUT2D eigenvalue weighted by Crippen LogP contribution is -2.03. The molecule has 19 heavy (non-hydrogen) atoms. The van der Waals surface area contributed by atoms with Crippen molar-refractivity contribution in [1.82, 2.24) is 9.55 Å². The first-order chi connectivity index (χ1) is 9.19. The normalized spacial score (nSPS) is 11.3. The SMILES string of the molecule is Cc1ccsc1Cn1c(CCl)nc2ccc(Br)cc21. The first-order valence-corrected chi connectivity index (χ1v) is 8.13. The molecular formula is C14H12BrClN2S. The predicted octanol–water partition coefficient (Wildman–Crippen LogP) is 4.96. The molecule has 0 fully saturated rings. The van der Waals surface area contributed by atoms with Gasteiger partial charge in [-0.3, -0.25) is 0 Å². The molecule has 5 heteroatoms. The summed E-state index contributed by atoms with van der Waals surface area (Å²) in [5.41, 5.74) is 3.44. The number of fused-ring (bicyclic) bond motifs is 1. The lowest BCUT2D eigenvalue weighted by atomic mass is 10.3. The van der Waals surface area contributed by atoms with E-state index in [1.807, 2.05) is 12.1 Å². The van der Waals surface area contributed by atoms with Gasteiger partial charge in [-0.15, -0.1) is 22.9 Å². The van der Waals surface area contributed by atoms with Crippen molar-refractivity contribution in [2.45, 2.75) is 19.3 Å². The van der Waals surface area contributed by atoms with Gasteiger partial charge in [0.1, 0.15) is 5.82 Å². The molecule has 0 atom stereocenters. The maximum absolute atomic E-state index is 6.03. The Bertz CT molecular complexity index is 732. The van der Waals surface area contributed by atoms with Crippen molar-refractivity contribution in [3.63, 3.8) is 0 Å². The molecule has 3 rings (SSSR count). The van der Waals surface area contributed by atoms with Crippen molar-refractivity contribution in [2.75, 3.05) is 0 Å². The summed E-state index contributed by atoms with van der Waals surface area (Å²) in [6.07, 6.45) is 0. The quantitative estimate of drug-likeness (QED) is 0.607. The van der Waals surface area contributed by atoms with Crippen LogP contribution in [0.1, 0.15) is 16.3 Å². The van der Waals surface area contributed by atoms with E-state index in [1.165, 1.54) is 10.4 Å². The number of benzene rings is 1. The van der Waals surface area contributed by atoms with Crippen LogP contribution in [0.25, 0.3) is 11.0 Å². The minimum Gasteiger partial charge on any atom is -0.322 e. The highest BCUT2D eigenvalue weighted by atomic mass is 79.9. The second-order valence-corrected chi connectivity index (χ2v) is 6.59. The standard InChI is InChI=1S/C14H12BrClN2S/c1-9-4-5-19-13(9)8-18-12-6-10(15)2-3-11(12)17-14(18)7-16/h2-6H,7-8H2,1H3. The van der Waals surface area contributed by atoms with Crippen LogP contribution in [0.5, 0.6) is 0 Å². The van der Waals surface area contributed by atoms with Gasteiger partial charge in [-0.05, 0) is 42.1 Å². The zero-order chi connectivity index (χ0) is 13.4. The Hall–Kier alpha value is -0.840. The highest BCUT2D eigenvalue weighted by Gasteiger charge is 2.12. The van der Waals surface area contributed by atoms with E-state index in [0.29, 0.717) is 5.88 Å². The van der Waals surface area contributed by atoms with Gasteiger partial charge in [0.05, 0.1) is 23.5 Å². The number of rotatable bonds is 3. The number of alkyl halides is 1. The van der Waals surface area contributed by atoms with E-state index >= 15 is 0 Å². The molecule has 0 unspecified atom stereocenters. The summed E-state index contributed by atoms with van der Waals surface area (Å²) in [6, 6.07) is 8.28. The zero-order valence-electron chi connectivity index (χ0n) is 10.4. The van der Waals surface area contributed by atoms with Crippen LogP contribution >= 0.6 is 38.9 Å². The van der Waals surface area contributed by atoms with E-state index in [4.69, 9.17) is 11.6 Å². The van der Waals surface area contributed by atoms with Crippen LogP contribution in [0.3, 0.4) is 0 Å². The lowest BCUT2D eigenvalue weighted by Gasteiger charge is -2.07. The van der Waals surface area contributed by atoms with Crippen molar-refractivity contribution in [3.8, 4) is 0 Å². The summed E-state index contributed by atoms with van der Waals surface area (Å²) in [7, 11) is 0. The highest BCUT2D eigenvalue weighted by molar-refractivity contribution is 9.10. The van der Waals surface area contributed by atoms with Crippen molar-refractivity contribution < 1.29 is 0 Å². The average molecular weight is 356 g/mol. The molecule has 0 bridgehead atoms. The highest BCUT2D eigenvalue weighted by Crippen LogP contribution is 2.25. The van der Waals surface area contributed by atoms with Crippen LogP contribution in [0.4, 0.5) is 0 Å². The molecule has 0 aliphatic heterocycles. The topological polar surface area (TPSA) is 17.8 Å². The average Bonchev–Trinajstić information content (AvgIpc) is 2.95. The largest absolute Gasteiger partial charge is 0.322 e. The fourth-order valence-electron chi connectivity index (χ4n) is 2.13. The summed E-state index contributed by atoms with van der Waals surface area (Å²) in [6.45, 7) is 2.97. The number of hydrogen-bond donors (Lipinski definition) is 0. The second kappa shape index (κ2) is 5.27. The van der Waals surface area contributed by atoms with Crippen molar-refractivity contribution in [3.05, 3.63) is 50.4 Å². The fourth-order valence-corrected chi connectivity index (χ4v) is 3.58. The molecule has 0 amide bonds. The minimum absolute atomic E-state index is 0.427. The summed E-state index contributed by atoms with van der Waals surface area (Å²) in [4.78, 5) is 5.95. The summed E-state index contributed by atoms with van der Waals surface area (Å²) >= 11 is 11.3. The number of aryl methyl sites for hydroxylation is 1. The maximum atomic E-state index is 6.03. The first-order valence-electron chi connectivity index (χ1n) is 5.92. The Labute approximate surface area is 129 Å². The molecule has 0 saturated carbocycles. The number of hydrogen-bond acceptors (Lipinski definition) is 2. The molecule has 0 saturated heterocycles. The van der Waals surface area contributed by atoms with Crippen LogP contribution in [0.15, 0.2) is 34.1 Å². The Morgan fingerprint density at radius 2 is 2.21 bits per heavy atom. The minimum atomic E-state index is 0.427. The van der Waals surface area contributed by atoms with Gasteiger partial charge in [-0.1, -0.05) is 15.9 Å². The molecule has 0 N–H and O–H groups in total. The smallest absolute Gasteiger partial charge is 0.125 e. The lowest BCUT2D eigenvalue weighted by molar-refractivity contribution is 0.785. The fraction of sp³-hybridized carbons (Fsp3) is 0.214. The molecule has 3 aromatic rings. The van der Waals surface area contributed by atoms with E-state index in [0.717, 1.165) is 27.9 Å². The Morgan fingerprint density at radius 3 is 2.89 bits per heavy atom. The van der Waals surface area contributed by atoms with Crippen LogP contribution in [-0.2, 0) is 12.4 Å². The van der Waals surface area contributed by atoms with Crippen molar-refractivity contribution in [1.29, 1.82) is 0 Å². The number of halogens is 2. The number of imidazole rings is 1. The monoisotopic (exact) mass is 354 g/mol. The van der Waals surface area contributed by atoms with E-state index in [2.05, 4.69) is 49.9 Å². The van der Waals surface area contributed by atoms with Gasteiger partial charge >= 0.3 is 0 Å².